The number of rotatable bonds is 4. The van der Waals surface area contributed by atoms with E-state index < -0.39 is 0 Å². The molecule has 46 heavy (non-hydrogen) atoms. The van der Waals surface area contributed by atoms with Gasteiger partial charge in [0.25, 0.3) is 0 Å². The fourth-order valence-electron chi connectivity index (χ4n) is 11.6. The van der Waals surface area contributed by atoms with Crippen molar-refractivity contribution in [3.63, 3.8) is 0 Å². The van der Waals surface area contributed by atoms with E-state index in [1.54, 1.807) is 18.4 Å². The van der Waals surface area contributed by atoms with Crippen molar-refractivity contribution in [1.29, 1.82) is 0 Å². The van der Waals surface area contributed by atoms with E-state index in [1.807, 2.05) is 0 Å². The third kappa shape index (κ3) is 4.24. The van der Waals surface area contributed by atoms with Gasteiger partial charge in [-0.05, 0) is 91.6 Å². The minimum Gasteiger partial charge on any atom is -0.469 e. The van der Waals surface area contributed by atoms with Gasteiger partial charge in [0.1, 0.15) is 0 Å². The van der Waals surface area contributed by atoms with Crippen molar-refractivity contribution < 1.29 is 9.53 Å². The van der Waals surface area contributed by atoms with Crippen molar-refractivity contribution in [1.82, 2.24) is 19.8 Å². The Labute approximate surface area is 273 Å². The van der Waals surface area contributed by atoms with Gasteiger partial charge in [-0.2, -0.15) is 0 Å². The molecule has 6 bridgehead atoms. The van der Waals surface area contributed by atoms with Crippen molar-refractivity contribution in [3.05, 3.63) is 70.5 Å². The molecule has 0 spiro atoms. The first kappa shape index (κ1) is 29.1. The van der Waals surface area contributed by atoms with Crippen molar-refractivity contribution in [2.24, 2.45) is 29.6 Å². The molecule has 4 aliphatic heterocycles. The second-order valence-electron chi connectivity index (χ2n) is 15.6. The van der Waals surface area contributed by atoms with E-state index >= 15 is 0 Å². The number of aromatic amines is 2. The zero-order valence-corrected chi connectivity index (χ0v) is 28.0. The third-order valence-electron chi connectivity index (χ3n) is 13.6. The SMILES string of the molecule is CC[C@H]1C[C@@H]2C[C@H]3c4[nH]c5cc([C@@H]6C[C@H]7C(C(=O)OC)[C@@H](Cc8c6[nH]c6ccccc86)N(C)C[C@H]7CC)ccc5c4CCN(C2)[C@@H]13. The van der Waals surface area contributed by atoms with E-state index in [2.05, 4.69) is 83.1 Å². The van der Waals surface area contributed by atoms with Crippen LogP contribution in [0, 0.1) is 29.6 Å². The molecule has 3 saturated heterocycles. The lowest BCUT2D eigenvalue weighted by molar-refractivity contribution is -0.155. The second kappa shape index (κ2) is 11.0. The number of carbonyl (C=O) groups is 1. The van der Waals surface area contributed by atoms with Crippen LogP contribution in [0.4, 0.5) is 0 Å². The highest BCUT2D eigenvalue weighted by atomic mass is 16.5. The minimum atomic E-state index is -0.125. The predicted molar refractivity (Wildman–Crippen MR) is 184 cm³/mol. The van der Waals surface area contributed by atoms with Gasteiger partial charge in [-0.3, -0.25) is 9.69 Å². The van der Waals surface area contributed by atoms with Crippen LogP contribution in [-0.4, -0.2) is 71.6 Å². The van der Waals surface area contributed by atoms with Crippen LogP contribution >= 0.6 is 0 Å². The summed E-state index contributed by atoms with van der Waals surface area (Å²) in [5.41, 5.74) is 9.73. The molecule has 0 radical (unpaired) electrons. The number of piperidine rings is 3. The maximum absolute atomic E-state index is 13.6. The van der Waals surface area contributed by atoms with Crippen LogP contribution in [0.2, 0.25) is 0 Å². The summed E-state index contributed by atoms with van der Waals surface area (Å²) in [4.78, 5) is 27.0. The Morgan fingerprint density at radius 2 is 1.72 bits per heavy atom. The van der Waals surface area contributed by atoms with E-state index in [4.69, 9.17) is 4.74 Å². The number of benzene rings is 2. The van der Waals surface area contributed by atoms with Crippen molar-refractivity contribution >= 4 is 27.8 Å². The Bertz CT molecular complexity index is 1800. The highest BCUT2D eigenvalue weighted by Crippen LogP contribution is 2.52. The molecule has 6 nitrogen and oxygen atoms in total. The summed E-state index contributed by atoms with van der Waals surface area (Å²) in [6.45, 7) is 8.24. The average molecular weight is 619 g/mol. The number of hydrogen-bond acceptors (Lipinski definition) is 4. The highest BCUT2D eigenvalue weighted by molar-refractivity contribution is 5.88. The molecule has 4 aromatic rings. The van der Waals surface area contributed by atoms with Crippen LogP contribution in [0.1, 0.15) is 85.9 Å². The number of likely N-dealkylation sites (tertiary alicyclic amines) is 1. The lowest BCUT2D eigenvalue weighted by atomic mass is 9.64. The number of aromatic nitrogens is 2. The number of likely N-dealkylation sites (N-methyl/N-ethyl adjacent to an activating group) is 1. The Morgan fingerprint density at radius 3 is 2.54 bits per heavy atom. The zero-order chi connectivity index (χ0) is 31.3. The number of H-pyrrole nitrogens is 2. The molecule has 10 rings (SSSR count). The predicted octanol–water partition coefficient (Wildman–Crippen LogP) is 7.23. The first-order valence-corrected chi connectivity index (χ1v) is 18.2. The number of hydrogen-bond donors (Lipinski definition) is 2. The zero-order valence-electron chi connectivity index (χ0n) is 28.0. The smallest absolute Gasteiger partial charge is 0.310 e. The molecule has 2 unspecified atom stereocenters. The largest absolute Gasteiger partial charge is 0.469 e. The maximum atomic E-state index is 13.6. The second-order valence-corrected chi connectivity index (χ2v) is 15.6. The summed E-state index contributed by atoms with van der Waals surface area (Å²) < 4.78 is 5.56. The molecule has 6 heterocycles. The van der Waals surface area contributed by atoms with Gasteiger partial charge in [0.15, 0.2) is 0 Å². The Kier molecular flexibility index (Phi) is 6.94. The molecule has 242 valence electrons. The van der Waals surface area contributed by atoms with Crippen LogP contribution < -0.4 is 0 Å². The van der Waals surface area contributed by atoms with Crippen LogP contribution in [0.15, 0.2) is 42.5 Å². The van der Waals surface area contributed by atoms with Crippen molar-refractivity contribution in [2.75, 3.05) is 33.8 Å². The standard InChI is InChI=1S/C40H50N4O2/c1-5-23-15-22-16-32-37-28(13-14-44(20-22)39(23)32)27-12-11-25(17-34(27)42-37)30-18-29-24(6-2)21-43(3)35(36(29)40(45)46-4)19-31-26-9-7-8-10-33(26)41-38(30)31/h7-12,17,22-24,29-30,32,35-36,39,41-42H,5-6,13-16,18-21H2,1-4H3/t22-,23+,24-,29-,30+,32+,35-,36?,39+/m1/s1. The molecule has 1 saturated carbocycles. The maximum Gasteiger partial charge on any atom is 0.310 e. The van der Waals surface area contributed by atoms with Gasteiger partial charge in [0.2, 0.25) is 0 Å². The van der Waals surface area contributed by atoms with Gasteiger partial charge >= 0.3 is 5.97 Å². The summed E-state index contributed by atoms with van der Waals surface area (Å²) in [5.74, 6) is 3.07. The molecule has 4 fully saturated rings. The molecule has 2 aliphatic carbocycles. The number of carbonyl (C=O) groups excluding carboxylic acids is 1. The lowest BCUT2D eigenvalue weighted by Gasteiger charge is -2.53. The molecule has 10 atom stereocenters. The van der Waals surface area contributed by atoms with E-state index in [0.29, 0.717) is 17.9 Å². The molecule has 6 heteroatoms. The first-order valence-electron chi connectivity index (χ1n) is 18.2. The number of ether oxygens (including phenoxy) is 1. The Hall–Kier alpha value is -3.09. The number of para-hydroxylation sites is 1. The van der Waals surface area contributed by atoms with Gasteiger partial charge in [0.05, 0.1) is 13.0 Å². The third-order valence-corrected chi connectivity index (χ3v) is 13.6. The van der Waals surface area contributed by atoms with Gasteiger partial charge in [-0.25, -0.2) is 0 Å². The fraction of sp³-hybridized carbons (Fsp3) is 0.575. The highest BCUT2D eigenvalue weighted by Gasteiger charge is 2.50. The van der Waals surface area contributed by atoms with Gasteiger partial charge in [0, 0.05) is 76.7 Å². The summed E-state index contributed by atoms with van der Waals surface area (Å²) in [7, 11) is 3.80. The monoisotopic (exact) mass is 618 g/mol. The van der Waals surface area contributed by atoms with Crippen LogP contribution in [0.3, 0.4) is 0 Å². The molecule has 0 amide bonds. The number of methoxy groups -OCH3 is 1. The van der Waals surface area contributed by atoms with E-state index in [1.165, 1.54) is 71.0 Å². The van der Waals surface area contributed by atoms with Crippen molar-refractivity contribution in [2.45, 2.75) is 82.7 Å². The fourth-order valence-corrected chi connectivity index (χ4v) is 11.6. The number of esters is 1. The van der Waals surface area contributed by atoms with Crippen LogP contribution in [0.5, 0.6) is 0 Å². The topological polar surface area (TPSA) is 64.4 Å². The molecule has 2 aromatic carbocycles. The summed E-state index contributed by atoms with van der Waals surface area (Å²) in [5, 5.41) is 2.72. The minimum absolute atomic E-state index is 0.0354. The molecular formula is C40H50N4O2. The summed E-state index contributed by atoms with van der Waals surface area (Å²) >= 11 is 0. The normalized spacial score (nSPS) is 35.3. The van der Waals surface area contributed by atoms with E-state index in [9.17, 15) is 4.79 Å². The summed E-state index contributed by atoms with van der Waals surface area (Å²) in [6, 6.07) is 17.0. The number of nitrogens with one attached hydrogen (secondary N) is 2. The molecular weight excluding hydrogens is 568 g/mol. The van der Waals surface area contributed by atoms with Crippen LogP contribution in [0.25, 0.3) is 21.8 Å². The van der Waals surface area contributed by atoms with Gasteiger partial charge in [-0.15, -0.1) is 0 Å². The number of nitrogens with zero attached hydrogens (tertiary/aromatic N) is 2. The average Bonchev–Trinajstić information content (AvgIpc) is 3.60. The molecule has 2 aromatic heterocycles. The Morgan fingerprint density at radius 1 is 0.913 bits per heavy atom. The van der Waals surface area contributed by atoms with Crippen LogP contribution in [-0.2, 0) is 22.4 Å². The van der Waals surface area contributed by atoms with E-state index in [-0.39, 0.29) is 29.8 Å². The first-order chi connectivity index (χ1) is 22.5. The Balaban J connectivity index is 1.18. The summed E-state index contributed by atoms with van der Waals surface area (Å²) in [6.07, 6.45) is 8.10. The lowest BCUT2D eigenvalue weighted by Crippen LogP contribution is -2.56. The van der Waals surface area contributed by atoms with E-state index in [0.717, 1.165) is 44.1 Å². The van der Waals surface area contributed by atoms with Gasteiger partial charge < -0.3 is 19.6 Å². The number of fused-ring (bicyclic) bond motifs is 9. The quantitative estimate of drug-likeness (QED) is 0.237. The molecule has 6 aliphatic rings. The van der Waals surface area contributed by atoms with Crippen molar-refractivity contribution in [3.8, 4) is 0 Å². The van der Waals surface area contributed by atoms with Gasteiger partial charge in [-0.1, -0.05) is 57.0 Å². The molecule has 2 N–H and O–H groups in total.